The summed E-state index contributed by atoms with van der Waals surface area (Å²) in [6, 6.07) is 15.9. The molecule has 1 amide bonds. The number of hydrogen-bond donors (Lipinski definition) is 4. The SMILES string of the molecule is NCCNCCCOc1cc2ccccc2cc1C(=O)Nc1ccc(Cl)cc1O. The predicted molar refractivity (Wildman–Crippen MR) is 117 cm³/mol. The first kappa shape index (κ1) is 20.9. The lowest BCUT2D eigenvalue weighted by Gasteiger charge is -2.14. The zero-order valence-electron chi connectivity index (χ0n) is 16.0. The lowest BCUT2D eigenvalue weighted by molar-refractivity contribution is 0.102. The first-order valence-electron chi connectivity index (χ1n) is 9.44. The third kappa shape index (κ3) is 5.60. The second kappa shape index (κ2) is 10.1. The van der Waals surface area contributed by atoms with Crippen LogP contribution in [0.25, 0.3) is 10.8 Å². The number of carbonyl (C=O) groups excluding carboxylic acids is 1. The molecule has 0 aromatic heterocycles. The fourth-order valence-electron chi connectivity index (χ4n) is 2.92. The van der Waals surface area contributed by atoms with Crippen molar-refractivity contribution in [2.75, 3.05) is 31.6 Å². The molecule has 0 atom stereocenters. The standard InChI is InChI=1S/C22H24ClN3O3/c23-17-6-7-19(20(27)14-17)26-22(28)18-12-15-4-1-2-5-16(15)13-21(18)29-11-3-9-25-10-8-24/h1-2,4-7,12-14,25,27H,3,8-11,24H2,(H,26,28). The van der Waals surface area contributed by atoms with Crippen molar-refractivity contribution in [3.05, 3.63) is 65.2 Å². The van der Waals surface area contributed by atoms with Crippen molar-refractivity contribution in [1.29, 1.82) is 0 Å². The first-order valence-corrected chi connectivity index (χ1v) is 9.82. The summed E-state index contributed by atoms with van der Waals surface area (Å²) in [5, 5.41) is 18.3. The lowest BCUT2D eigenvalue weighted by Crippen LogP contribution is -2.24. The number of aromatic hydroxyl groups is 1. The Morgan fingerprint density at radius 2 is 1.83 bits per heavy atom. The number of benzene rings is 3. The molecule has 3 aromatic rings. The van der Waals surface area contributed by atoms with Crippen LogP contribution in [0.5, 0.6) is 11.5 Å². The van der Waals surface area contributed by atoms with Gasteiger partial charge in [0.25, 0.3) is 5.91 Å². The van der Waals surface area contributed by atoms with Gasteiger partial charge in [-0.25, -0.2) is 0 Å². The van der Waals surface area contributed by atoms with Crippen LogP contribution in [0, 0.1) is 0 Å². The average Bonchev–Trinajstić information content (AvgIpc) is 2.72. The van der Waals surface area contributed by atoms with Crippen molar-refractivity contribution in [1.82, 2.24) is 5.32 Å². The fourth-order valence-corrected chi connectivity index (χ4v) is 3.09. The quantitative estimate of drug-likeness (QED) is 0.316. The molecule has 0 radical (unpaired) electrons. The number of nitrogens with two attached hydrogens (primary N) is 1. The van der Waals surface area contributed by atoms with E-state index in [1.165, 1.54) is 6.07 Å². The largest absolute Gasteiger partial charge is 0.506 e. The molecule has 0 saturated heterocycles. The average molecular weight is 414 g/mol. The summed E-state index contributed by atoms with van der Waals surface area (Å²) in [5.74, 6) is 0.0261. The monoisotopic (exact) mass is 413 g/mol. The van der Waals surface area contributed by atoms with E-state index < -0.39 is 0 Å². The highest BCUT2D eigenvalue weighted by atomic mass is 35.5. The predicted octanol–water partition coefficient (Wildman–Crippen LogP) is 3.77. The number of amides is 1. The van der Waals surface area contributed by atoms with E-state index in [1.54, 1.807) is 18.2 Å². The van der Waals surface area contributed by atoms with E-state index in [-0.39, 0.29) is 17.3 Å². The van der Waals surface area contributed by atoms with Gasteiger partial charge < -0.3 is 26.2 Å². The van der Waals surface area contributed by atoms with Gasteiger partial charge in [-0.3, -0.25) is 4.79 Å². The van der Waals surface area contributed by atoms with E-state index in [4.69, 9.17) is 22.1 Å². The van der Waals surface area contributed by atoms with Crippen LogP contribution in [-0.2, 0) is 0 Å². The molecule has 0 saturated carbocycles. The smallest absolute Gasteiger partial charge is 0.259 e. The number of ether oxygens (including phenoxy) is 1. The maximum absolute atomic E-state index is 12.9. The van der Waals surface area contributed by atoms with Gasteiger partial charge in [-0.15, -0.1) is 0 Å². The minimum Gasteiger partial charge on any atom is -0.506 e. The molecule has 6 nitrogen and oxygen atoms in total. The molecule has 0 unspecified atom stereocenters. The Morgan fingerprint density at radius 3 is 2.55 bits per heavy atom. The number of carbonyl (C=O) groups is 1. The summed E-state index contributed by atoms with van der Waals surface area (Å²) in [4.78, 5) is 12.9. The van der Waals surface area contributed by atoms with Gasteiger partial charge >= 0.3 is 0 Å². The van der Waals surface area contributed by atoms with Crippen LogP contribution >= 0.6 is 11.6 Å². The van der Waals surface area contributed by atoms with E-state index in [2.05, 4.69) is 10.6 Å². The van der Waals surface area contributed by atoms with Gasteiger partial charge in [0.05, 0.1) is 17.9 Å². The molecule has 3 rings (SSSR count). The molecule has 0 spiro atoms. The number of phenolic OH excluding ortho intramolecular Hbond substituents is 1. The van der Waals surface area contributed by atoms with E-state index in [0.717, 1.165) is 30.3 Å². The Bertz CT molecular complexity index is 994. The fraction of sp³-hybridized carbons (Fsp3) is 0.227. The van der Waals surface area contributed by atoms with E-state index in [0.29, 0.717) is 29.5 Å². The number of fused-ring (bicyclic) bond motifs is 1. The molecule has 0 heterocycles. The summed E-state index contributed by atoms with van der Waals surface area (Å²) in [5.41, 5.74) is 6.14. The highest BCUT2D eigenvalue weighted by Crippen LogP contribution is 2.30. The van der Waals surface area contributed by atoms with Gasteiger partial charge in [-0.2, -0.15) is 0 Å². The van der Waals surface area contributed by atoms with Crippen LogP contribution in [0.1, 0.15) is 16.8 Å². The summed E-state index contributed by atoms with van der Waals surface area (Å²) >= 11 is 5.86. The molecule has 152 valence electrons. The molecular weight excluding hydrogens is 390 g/mol. The van der Waals surface area contributed by atoms with Crippen molar-refractivity contribution in [2.24, 2.45) is 5.73 Å². The highest BCUT2D eigenvalue weighted by Gasteiger charge is 2.16. The zero-order valence-corrected chi connectivity index (χ0v) is 16.7. The van der Waals surface area contributed by atoms with Crippen molar-refractivity contribution in [3.8, 4) is 11.5 Å². The van der Waals surface area contributed by atoms with Crippen molar-refractivity contribution in [3.63, 3.8) is 0 Å². The van der Waals surface area contributed by atoms with Crippen molar-refractivity contribution in [2.45, 2.75) is 6.42 Å². The molecule has 0 aliphatic heterocycles. The number of halogens is 1. The zero-order chi connectivity index (χ0) is 20.6. The number of anilines is 1. The Hall–Kier alpha value is -2.80. The van der Waals surface area contributed by atoms with Gasteiger partial charge in [-0.05, 0) is 48.0 Å². The van der Waals surface area contributed by atoms with Gasteiger partial charge in [0.1, 0.15) is 11.5 Å². The molecule has 5 N–H and O–H groups in total. The molecular formula is C22H24ClN3O3. The third-order valence-corrected chi connectivity index (χ3v) is 4.61. The molecule has 0 fully saturated rings. The van der Waals surface area contributed by atoms with Crippen LogP contribution in [0.4, 0.5) is 5.69 Å². The Balaban J connectivity index is 1.80. The topological polar surface area (TPSA) is 96.6 Å². The van der Waals surface area contributed by atoms with Gasteiger partial charge in [0.2, 0.25) is 0 Å². The second-order valence-electron chi connectivity index (χ2n) is 6.55. The normalized spacial score (nSPS) is 10.8. The van der Waals surface area contributed by atoms with Crippen molar-refractivity contribution < 1.29 is 14.6 Å². The Labute approximate surface area is 174 Å². The van der Waals surface area contributed by atoms with Gasteiger partial charge in [-0.1, -0.05) is 35.9 Å². The van der Waals surface area contributed by atoms with E-state index >= 15 is 0 Å². The highest BCUT2D eigenvalue weighted by molar-refractivity contribution is 6.30. The van der Waals surface area contributed by atoms with Gasteiger partial charge in [0.15, 0.2) is 0 Å². The van der Waals surface area contributed by atoms with Crippen LogP contribution in [0.2, 0.25) is 5.02 Å². The molecule has 0 aliphatic carbocycles. The summed E-state index contributed by atoms with van der Waals surface area (Å²) in [6.45, 7) is 2.59. The minimum absolute atomic E-state index is 0.0971. The molecule has 7 heteroatoms. The number of rotatable bonds is 9. The van der Waals surface area contributed by atoms with Crippen LogP contribution in [-0.4, -0.2) is 37.3 Å². The molecule has 3 aromatic carbocycles. The third-order valence-electron chi connectivity index (χ3n) is 4.38. The summed E-state index contributed by atoms with van der Waals surface area (Å²) < 4.78 is 5.92. The molecule has 29 heavy (non-hydrogen) atoms. The minimum atomic E-state index is -0.371. The summed E-state index contributed by atoms with van der Waals surface area (Å²) in [7, 11) is 0. The van der Waals surface area contributed by atoms with Crippen molar-refractivity contribution >= 4 is 34.0 Å². The van der Waals surface area contributed by atoms with Gasteiger partial charge in [0, 0.05) is 24.2 Å². The van der Waals surface area contributed by atoms with E-state index in [9.17, 15) is 9.90 Å². The lowest BCUT2D eigenvalue weighted by atomic mass is 10.1. The number of nitrogens with one attached hydrogen (secondary N) is 2. The summed E-state index contributed by atoms with van der Waals surface area (Å²) in [6.07, 6.45) is 0.784. The first-order chi connectivity index (χ1) is 14.1. The maximum Gasteiger partial charge on any atom is 0.259 e. The number of hydrogen-bond acceptors (Lipinski definition) is 5. The maximum atomic E-state index is 12.9. The van der Waals surface area contributed by atoms with Crippen LogP contribution in [0.3, 0.4) is 0 Å². The van der Waals surface area contributed by atoms with E-state index in [1.807, 2.05) is 30.3 Å². The Kier molecular flexibility index (Phi) is 7.30. The van der Waals surface area contributed by atoms with Crippen LogP contribution in [0.15, 0.2) is 54.6 Å². The number of phenols is 1. The van der Waals surface area contributed by atoms with Crippen LogP contribution < -0.4 is 21.1 Å². The Morgan fingerprint density at radius 1 is 1.07 bits per heavy atom. The molecule has 0 aliphatic rings. The second-order valence-corrected chi connectivity index (χ2v) is 6.99. The molecule has 0 bridgehead atoms.